The number of aliphatic hydroxyl groups is 1. The summed E-state index contributed by atoms with van der Waals surface area (Å²) in [4.78, 5) is 0. The molecular formula is C25H30F2O. The van der Waals surface area contributed by atoms with Gasteiger partial charge in [0, 0.05) is 12.2 Å². The van der Waals surface area contributed by atoms with Gasteiger partial charge in [0.1, 0.15) is 11.6 Å². The Hall–Kier alpha value is -2.00. The molecule has 3 heteroatoms. The molecule has 0 heterocycles. The van der Waals surface area contributed by atoms with Crippen LogP contribution in [-0.4, -0.2) is 11.7 Å². The summed E-state index contributed by atoms with van der Waals surface area (Å²) < 4.78 is 28.6. The van der Waals surface area contributed by atoms with Gasteiger partial charge in [-0.1, -0.05) is 30.3 Å². The molecule has 0 amide bonds. The van der Waals surface area contributed by atoms with Crippen LogP contribution in [0, 0.1) is 17.6 Å². The summed E-state index contributed by atoms with van der Waals surface area (Å²) >= 11 is 0. The molecule has 2 aromatic rings. The van der Waals surface area contributed by atoms with E-state index < -0.39 is 11.6 Å². The average molecular weight is 385 g/mol. The molecule has 0 radical (unpaired) electrons. The number of hydrogen-bond donors (Lipinski definition) is 1. The van der Waals surface area contributed by atoms with Crippen LogP contribution < -0.4 is 0 Å². The summed E-state index contributed by atoms with van der Waals surface area (Å²) in [5, 5.41) is 8.88. The average Bonchev–Trinajstić information content (AvgIpc) is 2.72. The van der Waals surface area contributed by atoms with Crippen LogP contribution in [0.4, 0.5) is 8.78 Å². The predicted octanol–water partition coefficient (Wildman–Crippen LogP) is 6.80. The molecule has 2 aromatic carbocycles. The Morgan fingerprint density at radius 2 is 1.61 bits per heavy atom. The van der Waals surface area contributed by atoms with E-state index in [4.69, 9.17) is 5.11 Å². The van der Waals surface area contributed by atoms with Crippen LogP contribution in [0.25, 0.3) is 11.1 Å². The number of hydrogen-bond acceptors (Lipinski definition) is 1. The van der Waals surface area contributed by atoms with Crippen LogP contribution >= 0.6 is 0 Å². The zero-order valence-corrected chi connectivity index (χ0v) is 16.5. The van der Waals surface area contributed by atoms with E-state index in [-0.39, 0.29) is 18.6 Å². The second kappa shape index (κ2) is 9.97. The third-order valence-electron chi connectivity index (χ3n) is 6.07. The first-order valence-corrected chi connectivity index (χ1v) is 10.4. The van der Waals surface area contributed by atoms with Crippen LogP contribution in [0.5, 0.6) is 0 Å². The van der Waals surface area contributed by atoms with Gasteiger partial charge in [-0.3, -0.25) is 0 Å². The monoisotopic (exact) mass is 384 g/mol. The second-order valence-corrected chi connectivity index (χ2v) is 7.95. The first kappa shape index (κ1) is 20.7. The van der Waals surface area contributed by atoms with Crippen molar-refractivity contribution in [2.45, 2.75) is 57.3 Å². The van der Waals surface area contributed by atoms with Gasteiger partial charge in [-0.25, -0.2) is 8.78 Å². The van der Waals surface area contributed by atoms with Gasteiger partial charge in [-0.05, 0) is 92.0 Å². The fraction of sp³-hybridized carbons (Fsp3) is 0.440. The topological polar surface area (TPSA) is 20.2 Å². The minimum Gasteiger partial charge on any atom is -0.396 e. The summed E-state index contributed by atoms with van der Waals surface area (Å²) in [5.74, 6) is 0.336. The van der Waals surface area contributed by atoms with Crippen molar-refractivity contribution in [3.8, 4) is 11.1 Å². The smallest absolute Gasteiger partial charge is 0.129 e. The molecule has 150 valence electrons. The van der Waals surface area contributed by atoms with Crippen molar-refractivity contribution in [3.63, 3.8) is 0 Å². The van der Waals surface area contributed by atoms with Crippen LogP contribution in [-0.2, 0) is 6.42 Å². The maximum absolute atomic E-state index is 14.3. The Labute approximate surface area is 167 Å². The number of rotatable bonds is 8. The lowest BCUT2D eigenvalue weighted by molar-refractivity contribution is 0.287. The summed E-state index contributed by atoms with van der Waals surface area (Å²) in [5.41, 5.74) is 2.77. The lowest BCUT2D eigenvalue weighted by Crippen LogP contribution is -2.13. The minimum atomic E-state index is -0.537. The van der Waals surface area contributed by atoms with Gasteiger partial charge >= 0.3 is 0 Å². The van der Waals surface area contributed by atoms with Gasteiger partial charge in [0.15, 0.2) is 0 Å². The van der Waals surface area contributed by atoms with E-state index in [1.54, 1.807) is 0 Å². The van der Waals surface area contributed by atoms with Crippen molar-refractivity contribution in [1.29, 1.82) is 0 Å². The maximum atomic E-state index is 14.3. The normalized spacial score (nSPS) is 19.5. The van der Waals surface area contributed by atoms with Crippen molar-refractivity contribution in [2.24, 2.45) is 5.92 Å². The minimum absolute atomic E-state index is 0.0580. The van der Waals surface area contributed by atoms with Gasteiger partial charge < -0.3 is 5.11 Å². The van der Waals surface area contributed by atoms with Crippen LogP contribution in [0.2, 0.25) is 0 Å². The van der Waals surface area contributed by atoms with Crippen LogP contribution in [0.1, 0.15) is 62.0 Å². The molecule has 0 saturated heterocycles. The molecule has 1 fully saturated rings. The molecular weight excluding hydrogens is 354 g/mol. The number of aliphatic hydroxyl groups excluding tert-OH is 1. The summed E-state index contributed by atoms with van der Waals surface area (Å²) in [7, 11) is 0. The van der Waals surface area contributed by atoms with E-state index in [0.29, 0.717) is 17.9 Å². The standard InChI is InChI=1S/C25H30F2O/c1-2-3-5-18-7-9-19(10-8-18)20-11-13-21(14-12-20)22-16-24(26)23(6-4-15-28)25(27)17-22/h2,11-14,16-19,28H,1,3-10,15H2. The van der Waals surface area contributed by atoms with E-state index in [2.05, 4.69) is 18.7 Å². The van der Waals surface area contributed by atoms with E-state index in [9.17, 15) is 8.78 Å². The molecule has 1 saturated carbocycles. The van der Waals surface area contributed by atoms with Crippen molar-refractivity contribution < 1.29 is 13.9 Å². The summed E-state index contributed by atoms with van der Waals surface area (Å²) in [6.07, 6.45) is 9.90. The third-order valence-corrected chi connectivity index (χ3v) is 6.07. The molecule has 0 atom stereocenters. The summed E-state index contributed by atoms with van der Waals surface area (Å²) in [6.45, 7) is 3.74. The van der Waals surface area contributed by atoms with Crippen molar-refractivity contribution in [3.05, 3.63) is 71.8 Å². The lowest BCUT2D eigenvalue weighted by atomic mass is 9.77. The van der Waals surface area contributed by atoms with Gasteiger partial charge in [0.25, 0.3) is 0 Å². The SMILES string of the molecule is C=CCCC1CCC(c2ccc(-c3cc(F)c(CCCO)c(F)c3)cc2)CC1. The molecule has 0 aliphatic heterocycles. The zero-order chi connectivity index (χ0) is 19.9. The molecule has 1 aliphatic carbocycles. The Bertz CT molecular complexity index is 751. The highest BCUT2D eigenvalue weighted by Gasteiger charge is 2.22. The largest absolute Gasteiger partial charge is 0.396 e. The molecule has 28 heavy (non-hydrogen) atoms. The van der Waals surface area contributed by atoms with Crippen molar-refractivity contribution >= 4 is 0 Å². The number of halogens is 2. The Morgan fingerprint density at radius 1 is 0.964 bits per heavy atom. The molecule has 1 nitrogen and oxygen atoms in total. The van der Waals surface area contributed by atoms with Crippen molar-refractivity contribution in [2.75, 3.05) is 6.61 Å². The zero-order valence-electron chi connectivity index (χ0n) is 16.5. The van der Waals surface area contributed by atoms with Crippen molar-refractivity contribution in [1.82, 2.24) is 0 Å². The van der Waals surface area contributed by atoms with E-state index in [1.807, 2.05) is 18.2 Å². The highest BCUT2D eigenvalue weighted by Crippen LogP contribution is 2.38. The van der Waals surface area contributed by atoms with E-state index >= 15 is 0 Å². The van der Waals surface area contributed by atoms with Crippen LogP contribution in [0.15, 0.2) is 49.1 Å². The third kappa shape index (κ3) is 5.08. The van der Waals surface area contributed by atoms with Gasteiger partial charge in [0.05, 0.1) is 0 Å². The molecule has 0 bridgehead atoms. The molecule has 3 rings (SSSR count). The molecule has 0 aromatic heterocycles. The first-order valence-electron chi connectivity index (χ1n) is 10.4. The van der Waals surface area contributed by atoms with E-state index in [0.717, 1.165) is 17.9 Å². The maximum Gasteiger partial charge on any atom is 0.129 e. The highest BCUT2D eigenvalue weighted by molar-refractivity contribution is 5.64. The van der Waals surface area contributed by atoms with Gasteiger partial charge in [-0.2, -0.15) is 0 Å². The Morgan fingerprint density at radius 3 is 2.18 bits per heavy atom. The second-order valence-electron chi connectivity index (χ2n) is 7.95. The molecule has 0 unspecified atom stereocenters. The summed E-state index contributed by atoms with van der Waals surface area (Å²) in [6, 6.07) is 11.0. The fourth-order valence-corrected chi connectivity index (χ4v) is 4.35. The molecule has 0 spiro atoms. The van der Waals surface area contributed by atoms with Gasteiger partial charge in [0.2, 0.25) is 0 Å². The Balaban J connectivity index is 1.67. The van der Waals surface area contributed by atoms with Gasteiger partial charge in [-0.15, -0.1) is 6.58 Å². The highest BCUT2D eigenvalue weighted by atomic mass is 19.1. The van der Waals surface area contributed by atoms with E-state index in [1.165, 1.54) is 49.8 Å². The fourth-order valence-electron chi connectivity index (χ4n) is 4.35. The molecule has 1 aliphatic rings. The number of benzene rings is 2. The number of allylic oxidation sites excluding steroid dienone is 1. The quantitative estimate of drug-likeness (QED) is 0.496. The lowest BCUT2D eigenvalue weighted by Gasteiger charge is -2.28. The Kier molecular flexibility index (Phi) is 7.38. The molecule has 1 N–H and O–H groups in total. The first-order chi connectivity index (χ1) is 13.6. The predicted molar refractivity (Wildman–Crippen MR) is 111 cm³/mol. The van der Waals surface area contributed by atoms with Crippen LogP contribution in [0.3, 0.4) is 0 Å².